The van der Waals surface area contributed by atoms with Crippen LogP contribution in [0.15, 0.2) is 54.9 Å². The van der Waals surface area contributed by atoms with Gasteiger partial charge in [-0.2, -0.15) is 0 Å². The van der Waals surface area contributed by atoms with Crippen molar-refractivity contribution in [1.29, 1.82) is 0 Å². The SMILES string of the molecule is O=C(CCc1ccc(F)c(Cl)c1)Nc1cnc(Oc2ccccc2F)nc1. The van der Waals surface area contributed by atoms with Crippen molar-refractivity contribution in [1.82, 2.24) is 9.97 Å². The molecule has 0 saturated heterocycles. The number of carbonyl (C=O) groups excluding carboxylic acids is 1. The van der Waals surface area contributed by atoms with Crippen LogP contribution in [0.25, 0.3) is 0 Å². The molecular formula is C19H14ClF2N3O2. The summed E-state index contributed by atoms with van der Waals surface area (Å²) in [7, 11) is 0. The summed E-state index contributed by atoms with van der Waals surface area (Å²) in [5.41, 5.74) is 1.12. The van der Waals surface area contributed by atoms with E-state index in [0.717, 1.165) is 5.56 Å². The van der Waals surface area contributed by atoms with Gasteiger partial charge in [0.15, 0.2) is 11.6 Å². The van der Waals surface area contributed by atoms with Gasteiger partial charge in [-0.15, -0.1) is 0 Å². The second-order valence-corrected chi connectivity index (χ2v) is 5.99. The number of aryl methyl sites for hydroxylation is 1. The van der Waals surface area contributed by atoms with Gasteiger partial charge in [-0.3, -0.25) is 4.79 Å². The minimum atomic E-state index is -0.528. The highest BCUT2D eigenvalue weighted by Crippen LogP contribution is 2.21. The molecule has 0 aliphatic carbocycles. The summed E-state index contributed by atoms with van der Waals surface area (Å²) < 4.78 is 31.9. The molecule has 27 heavy (non-hydrogen) atoms. The summed E-state index contributed by atoms with van der Waals surface area (Å²) >= 11 is 5.71. The predicted octanol–water partition coefficient (Wildman–Crippen LogP) is 4.77. The predicted molar refractivity (Wildman–Crippen MR) is 96.9 cm³/mol. The van der Waals surface area contributed by atoms with Gasteiger partial charge >= 0.3 is 6.01 Å². The van der Waals surface area contributed by atoms with Crippen molar-refractivity contribution in [2.45, 2.75) is 12.8 Å². The number of rotatable bonds is 6. The second-order valence-electron chi connectivity index (χ2n) is 5.58. The van der Waals surface area contributed by atoms with E-state index in [9.17, 15) is 13.6 Å². The van der Waals surface area contributed by atoms with Crippen LogP contribution in [0.5, 0.6) is 11.8 Å². The van der Waals surface area contributed by atoms with E-state index in [1.54, 1.807) is 18.2 Å². The number of nitrogens with zero attached hydrogens (tertiary/aromatic N) is 2. The van der Waals surface area contributed by atoms with E-state index in [1.807, 2.05) is 0 Å². The summed E-state index contributed by atoms with van der Waals surface area (Å²) in [6.07, 6.45) is 3.29. The molecule has 1 aromatic heterocycles. The minimum absolute atomic E-state index is 0.00671. The van der Waals surface area contributed by atoms with Crippen LogP contribution >= 0.6 is 11.6 Å². The van der Waals surface area contributed by atoms with E-state index in [4.69, 9.17) is 16.3 Å². The topological polar surface area (TPSA) is 64.1 Å². The van der Waals surface area contributed by atoms with Crippen molar-refractivity contribution < 1.29 is 18.3 Å². The quantitative estimate of drug-likeness (QED) is 0.659. The average Bonchev–Trinajstić information content (AvgIpc) is 2.66. The maximum atomic E-state index is 13.5. The number of halogens is 3. The van der Waals surface area contributed by atoms with Crippen molar-refractivity contribution in [3.8, 4) is 11.8 Å². The van der Waals surface area contributed by atoms with Crippen LogP contribution in [0, 0.1) is 11.6 Å². The van der Waals surface area contributed by atoms with Crippen LogP contribution < -0.4 is 10.1 Å². The molecule has 1 heterocycles. The molecule has 0 unspecified atom stereocenters. The van der Waals surface area contributed by atoms with Gasteiger partial charge in [0.25, 0.3) is 0 Å². The van der Waals surface area contributed by atoms with E-state index in [2.05, 4.69) is 15.3 Å². The second kappa shape index (κ2) is 8.55. The third-order valence-corrected chi connectivity index (χ3v) is 3.86. The van der Waals surface area contributed by atoms with E-state index in [-0.39, 0.29) is 29.1 Å². The van der Waals surface area contributed by atoms with Crippen LogP contribution in [0.2, 0.25) is 5.02 Å². The molecular weight excluding hydrogens is 376 g/mol. The Morgan fingerprint density at radius 3 is 2.52 bits per heavy atom. The van der Waals surface area contributed by atoms with Crippen LogP contribution in [0.3, 0.4) is 0 Å². The van der Waals surface area contributed by atoms with E-state index < -0.39 is 11.6 Å². The third kappa shape index (κ3) is 5.21. The number of para-hydroxylation sites is 1. The molecule has 3 aromatic rings. The van der Waals surface area contributed by atoms with Crippen LogP contribution in [0.4, 0.5) is 14.5 Å². The molecule has 0 atom stereocenters. The van der Waals surface area contributed by atoms with Gasteiger partial charge in [0.2, 0.25) is 5.91 Å². The van der Waals surface area contributed by atoms with Gasteiger partial charge < -0.3 is 10.1 Å². The Labute approximate surface area is 159 Å². The largest absolute Gasteiger partial charge is 0.421 e. The Morgan fingerprint density at radius 2 is 1.81 bits per heavy atom. The summed E-state index contributed by atoms with van der Waals surface area (Å²) in [5, 5.41) is 2.66. The maximum Gasteiger partial charge on any atom is 0.322 e. The first-order chi connectivity index (χ1) is 13.0. The molecule has 3 rings (SSSR count). The molecule has 0 spiro atoms. The molecule has 5 nitrogen and oxygen atoms in total. The lowest BCUT2D eigenvalue weighted by atomic mass is 10.1. The maximum absolute atomic E-state index is 13.5. The van der Waals surface area contributed by atoms with Crippen molar-refractivity contribution in [3.63, 3.8) is 0 Å². The number of aromatic nitrogens is 2. The fourth-order valence-corrected chi connectivity index (χ4v) is 2.44. The molecule has 0 radical (unpaired) electrons. The number of hydrogen-bond acceptors (Lipinski definition) is 4. The third-order valence-electron chi connectivity index (χ3n) is 3.57. The molecule has 0 aliphatic heterocycles. The molecule has 0 fully saturated rings. The molecule has 0 aliphatic rings. The lowest BCUT2D eigenvalue weighted by Crippen LogP contribution is -2.13. The smallest absolute Gasteiger partial charge is 0.322 e. The number of benzene rings is 2. The lowest BCUT2D eigenvalue weighted by molar-refractivity contribution is -0.116. The summed E-state index contributed by atoms with van der Waals surface area (Å²) in [6.45, 7) is 0. The van der Waals surface area contributed by atoms with E-state index in [0.29, 0.717) is 12.1 Å². The fourth-order valence-electron chi connectivity index (χ4n) is 2.24. The van der Waals surface area contributed by atoms with E-state index in [1.165, 1.54) is 36.7 Å². The zero-order valence-electron chi connectivity index (χ0n) is 14.0. The molecule has 138 valence electrons. The zero-order chi connectivity index (χ0) is 19.2. The Morgan fingerprint density at radius 1 is 1.07 bits per heavy atom. The van der Waals surface area contributed by atoms with Gasteiger partial charge in [0.1, 0.15) is 5.82 Å². The summed E-state index contributed by atoms with van der Waals surface area (Å²) in [4.78, 5) is 19.9. The highest BCUT2D eigenvalue weighted by molar-refractivity contribution is 6.30. The van der Waals surface area contributed by atoms with Gasteiger partial charge in [0.05, 0.1) is 23.1 Å². The molecule has 0 bridgehead atoms. The normalized spacial score (nSPS) is 10.5. The number of anilines is 1. The van der Waals surface area contributed by atoms with Crippen LogP contribution in [0.1, 0.15) is 12.0 Å². The highest BCUT2D eigenvalue weighted by atomic mass is 35.5. The van der Waals surface area contributed by atoms with E-state index >= 15 is 0 Å². The van der Waals surface area contributed by atoms with Crippen LogP contribution in [-0.2, 0) is 11.2 Å². The molecule has 8 heteroatoms. The van der Waals surface area contributed by atoms with Crippen LogP contribution in [-0.4, -0.2) is 15.9 Å². The Hall–Kier alpha value is -3.06. The molecule has 1 amide bonds. The molecule has 1 N–H and O–H groups in total. The summed E-state index contributed by atoms with van der Waals surface area (Å²) in [6, 6.07) is 10.2. The Kier molecular flexibility index (Phi) is 5.93. The van der Waals surface area contributed by atoms with Crippen molar-refractivity contribution in [2.24, 2.45) is 0 Å². The number of nitrogens with one attached hydrogen (secondary N) is 1. The van der Waals surface area contributed by atoms with Gasteiger partial charge in [0, 0.05) is 6.42 Å². The van der Waals surface area contributed by atoms with Crippen molar-refractivity contribution >= 4 is 23.2 Å². The first kappa shape index (κ1) is 18.7. The number of hydrogen-bond donors (Lipinski definition) is 1. The summed E-state index contributed by atoms with van der Waals surface area (Å²) in [5.74, 6) is -1.28. The first-order valence-corrected chi connectivity index (χ1v) is 8.37. The highest BCUT2D eigenvalue weighted by Gasteiger charge is 2.08. The first-order valence-electron chi connectivity index (χ1n) is 7.99. The Bertz CT molecular complexity index is 952. The molecule has 2 aromatic carbocycles. The van der Waals surface area contributed by atoms with Crippen molar-refractivity contribution in [3.05, 3.63) is 77.1 Å². The minimum Gasteiger partial charge on any atom is -0.421 e. The number of amides is 1. The average molecular weight is 390 g/mol. The van der Waals surface area contributed by atoms with Gasteiger partial charge in [-0.1, -0.05) is 29.8 Å². The Balaban J connectivity index is 1.53. The monoisotopic (exact) mass is 389 g/mol. The van der Waals surface area contributed by atoms with Crippen molar-refractivity contribution in [2.75, 3.05) is 5.32 Å². The number of carbonyl (C=O) groups is 1. The number of ether oxygens (including phenoxy) is 1. The standard InChI is InChI=1S/C19H14ClF2N3O2/c20-14-9-12(5-7-15(14)21)6-8-18(26)25-13-10-23-19(24-11-13)27-17-4-2-1-3-16(17)22/h1-5,7,9-11H,6,8H2,(H,25,26). The lowest BCUT2D eigenvalue weighted by Gasteiger charge is -2.07. The van der Waals surface area contributed by atoms with Gasteiger partial charge in [-0.25, -0.2) is 18.7 Å². The van der Waals surface area contributed by atoms with Gasteiger partial charge in [-0.05, 0) is 36.2 Å². The zero-order valence-corrected chi connectivity index (χ0v) is 14.7. The molecule has 0 saturated carbocycles. The fraction of sp³-hybridized carbons (Fsp3) is 0.105.